The first-order chi connectivity index (χ1) is 15.3. The molecule has 0 radical (unpaired) electrons. The van der Waals surface area contributed by atoms with Gasteiger partial charge in [-0.3, -0.25) is 4.79 Å². The molecule has 1 saturated heterocycles. The second-order valence-corrected chi connectivity index (χ2v) is 7.92. The average Bonchev–Trinajstić information content (AvgIpc) is 3.51. The highest BCUT2D eigenvalue weighted by atomic mass is 19.1. The Hall–Kier alpha value is -3.45. The largest absolute Gasteiger partial charge is 0.492 e. The third kappa shape index (κ3) is 3.48. The van der Waals surface area contributed by atoms with Gasteiger partial charge in [0.25, 0.3) is 0 Å². The number of carboxylic acids is 1. The maximum atomic E-state index is 15.3. The summed E-state index contributed by atoms with van der Waals surface area (Å²) < 4.78 is 36.2. The minimum atomic E-state index is -1.46. The van der Waals surface area contributed by atoms with Crippen LogP contribution in [0.25, 0.3) is 10.9 Å². The number of aromatic carboxylic acids is 1. The Balaban J connectivity index is 1.89. The number of alkyl halides is 1. The van der Waals surface area contributed by atoms with E-state index in [9.17, 15) is 24.3 Å². The van der Waals surface area contributed by atoms with Gasteiger partial charge in [-0.1, -0.05) is 5.57 Å². The lowest BCUT2D eigenvalue weighted by Crippen LogP contribution is -2.33. The topological polar surface area (TPSA) is 122 Å². The minimum absolute atomic E-state index is 0.0555. The molecular weight excluding hydrogens is 422 g/mol. The van der Waals surface area contributed by atoms with Gasteiger partial charge in [-0.25, -0.2) is 13.6 Å². The molecule has 2 atom stereocenters. The molecule has 1 aliphatic heterocycles. The fourth-order valence-corrected chi connectivity index (χ4v) is 4.36. The molecule has 2 aliphatic rings. The number of carboxylic acid groups (broad SMARTS) is 1. The predicted octanol–water partition coefficient (Wildman–Crippen LogP) is 2.51. The van der Waals surface area contributed by atoms with Gasteiger partial charge in [0.2, 0.25) is 5.43 Å². The maximum absolute atomic E-state index is 15.3. The number of pyridine rings is 1. The number of rotatable bonds is 5. The van der Waals surface area contributed by atoms with Gasteiger partial charge in [-0.2, -0.15) is 5.26 Å². The van der Waals surface area contributed by atoms with Crippen molar-refractivity contribution in [3.63, 3.8) is 0 Å². The number of nitriles is 1. The third-order valence-corrected chi connectivity index (χ3v) is 6.12. The number of methoxy groups -OCH3 is 1. The van der Waals surface area contributed by atoms with Gasteiger partial charge in [0.15, 0.2) is 11.6 Å². The van der Waals surface area contributed by atoms with Gasteiger partial charge in [0.05, 0.1) is 30.1 Å². The SMILES string of the molecule is COc1c(N2CCC(=C(C#N)CN)CC2)c(F)cc2c(=O)c(C(=O)O)cn(C3C[C@@H]3F)c12. The molecule has 1 aromatic carbocycles. The van der Waals surface area contributed by atoms with E-state index in [-0.39, 0.29) is 35.3 Å². The van der Waals surface area contributed by atoms with Crippen molar-refractivity contribution in [2.45, 2.75) is 31.5 Å². The highest BCUT2D eigenvalue weighted by molar-refractivity contribution is 5.97. The lowest BCUT2D eigenvalue weighted by Gasteiger charge is -2.32. The molecule has 1 saturated carbocycles. The number of anilines is 1. The average molecular weight is 444 g/mol. The second kappa shape index (κ2) is 8.24. The minimum Gasteiger partial charge on any atom is -0.492 e. The molecule has 168 valence electrons. The fraction of sp³-hybridized carbons (Fsp3) is 0.409. The monoisotopic (exact) mass is 444 g/mol. The van der Waals surface area contributed by atoms with Crippen LogP contribution in [0.4, 0.5) is 14.5 Å². The van der Waals surface area contributed by atoms with Crippen molar-refractivity contribution in [3.05, 3.63) is 45.0 Å². The molecule has 0 bridgehead atoms. The molecule has 2 aromatic rings. The van der Waals surface area contributed by atoms with Gasteiger partial charge in [0, 0.05) is 37.8 Å². The lowest BCUT2D eigenvalue weighted by molar-refractivity contribution is 0.0694. The number of carbonyl (C=O) groups is 1. The number of hydrogen-bond donors (Lipinski definition) is 2. The highest BCUT2D eigenvalue weighted by Gasteiger charge is 2.41. The lowest BCUT2D eigenvalue weighted by atomic mass is 9.97. The molecular formula is C22H22F2N4O4. The van der Waals surface area contributed by atoms with E-state index in [0.29, 0.717) is 31.5 Å². The second-order valence-electron chi connectivity index (χ2n) is 7.92. The summed E-state index contributed by atoms with van der Waals surface area (Å²) in [7, 11) is 1.33. The molecule has 0 amide bonds. The number of aromatic nitrogens is 1. The molecule has 32 heavy (non-hydrogen) atoms. The number of hydrogen-bond acceptors (Lipinski definition) is 6. The van der Waals surface area contributed by atoms with Crippen LogP contribution >= 0.6 is 0 Å². The van der Waals surface area contributed by atoms with E-state index in [4.69, 9.17) is 10.5 Å². The smallest absolute Gasteiger partial charge is 0.341 e. The normalized spacial score (nSPS) is 20.2. The maximum Gasteiger partial charge on any atom is 0.341 e. The van der Waals surface area contributed by atoms with E-state index in [0.717, 1.165) is 17.8 Å². The van der Waals surface area contributed by atoms with Crippen LogP contribution in [0, 0.1) is 17.1 Å². The van der Waals surface area contributed by atoms with Crippen LogP contribution in [0.3, 0.4) is 0 Å². The van der Waals surface area contributed by atoms with E-state index < -0.39 is 35.0 Å². The summed E-state index contributed by atoms with van der Waals surface area (Å²) in [5.41, 5.74) is 5.96. The van der Waals surface area contributed by atoms with E-state index >= 15 is 4.39 Å². The highest BCUT2D eigenvalue weighted by Crippen LogP contribution is 2.45. The molecule has 10 heteroatoms. The van der Waals surface area contributed by atoms with Gasteiger partial charge >= 0.3 is 5.97 Å². The Morgan fingerprint density at radius 1 is 1.41 bits per heavy atom. The summed E-state index contributed by atoms with van der Waals surface area (Å²) in [6.45, 7) is 0.932. The summed E-state index contributed by atoms with van der Waals surface area (Å²) in [6, 6.07) is 2.45. The number of nitrogens with zero attached hydrogens (tertiary/aromatic N) is 3. The zero-order valence-electron chi connectivity index (χ0n) is 17.4. The molecule has 2 fully saturated rings. The van der Waals surface area contributed by atoms with Gasteiger partial charge < -0.3 is 25.0 Å². The molecule has 4 rings (SSSR count). The third-order valence-electron chi connectivity index (χ3n) is 6.12. The summed E-state index contributed by atoms with van der Waals surface area (Å²) in [5.74, 6) is -2.14. The Bertz CT molecular complexity index is 1240. The van der Waals surface area contributed by atoms with Crippen LogP contribution in [-0.4, -0.2) is 48.6 Å². The summed E-state index contributed by atoms with van der Waals surface area (Å²) >= 11 is 0. The number of fused-ring (bicyclic) bond motifs is 1. The van der Waals surface area contributed by atoms with Gasteiger partial charge in [-0.05, 0) is 18.9 Å². The van der Waals surface area contributed by atoms with E-state index in [2.05, 4.69) is 6.07 Å². The molecule has 1 aromatic heterocycles. The Labute approximate surface area is 182 Å². The zero-order chi connectivity index (χ0) is 23.2. The number of halogens is 2. The number of nitrogens with two attached hydrogens (primary N) is 1. The van der Waals surface area contributed by atoms with Crippen LogP contribution in [0.1, 0.15) is 35.7 Å². The quantitative estimate of drug-likeness (QED) is 0.680. The van der Waals surface area contributed by atoms with Crippen LogP contribution in [0.5, 0.6) is 5.75 Å². The first-order valence-corrected chi connectivity index (χ1v) is 10.2. The van der Waals surface area contributed by atoms with E-state index in [1.807, 2.05) is 0 Å². The van der Waals surface area contributed by atoms with E-state index in [1.165, 1.54) is 11.7 Å². The Kier molecular flexibility index (Phi) is 5.60. The number of ether oxygens (including phenoxy) is 1. The molecule has 2 heterocycles. The van der Waals surface area contributed by atoms with Crippen molar-refractivity contribution < 1.29 is 23.4 Å². The molecule has 0 spiro atoms. The molecule has 8 nitrogen and oxygen atoms in total. The van der Waals surface area contributed by atoms with Crippen LogP contribution in [0.15, 0.2) is 28.2 Å². The van der Waals surface area contributed by atoms with Crippen molar-refractivity contribution in [1.29, 1.82) is 5.26 Å². The predicted molar refractivity (Wildman–Crippen MR) is 113 cm³/mol. The first kappa shape index (κ1) is 21.8. The first-order valence-electron chi connectivity index (χ1n) is 10.2. The van der Waals surface area contributed by atoms with Crippen LogP contribution in [-0.2, 0) is 0 Å². The van der Waals surface area contributed by atoms with E-state index in [1.54, 1.807) is 4.90 Å². The Morgan fingerprint density at radius 2 is 2.06 bits per heavy atom. The fourth-order valence-electron chi connectivity index (χ4n) is 4.36. The molecule has 3 N–H and O–H groups in total. The van der Waals surface area contributed by atoms with Gasteiger partial charge in [-0.15, -0.1) is 0 Å². The Morgan fingerprint density at radius 3 is 2.56 bits per heavy atom. The van der Waals surface area contributed by atoms with Crippen molar-refractivity contribution in [2.24, 2.45) is 5.73 Å². The molecule has 1 unspecified atom stereocenters. The summed E-state index contributed by atoms with van der Waals surface area (Å²) in [4.78, 5) is 26.1. The number of piperidine rings is 1. The van der Waals surface area contributed by atoms with Crippen molar-refractivity contribution in [3.8, 4) is 11.8 Å². The number of benzene rings is 1. The standard InChI is InChI=1S/C22H22F2N4O4/c1-32-21-18-13(20(29)14(22(30)31)10-28(18)17-7-15(17)23)6-16(24)19(21)27-4-2-11(3-5-27)12(8-25)9-26/h6,10,15,17H,2-5,7-8,25H2,1H3,(H,30,31)/t15-,17?/m0/s1. The van der Waals surface area contributed by atoms with Crippen LogP contribution < -0.4 is 20.8 Å². The zero-order valence-corrected chi connectivity index (χ0v) is 17.4. The van der Waals surface area contributed by atoms with Crippen molar-refractivity contribution >= 4 is 22.6 Å². The van der Waals surface area contributed by atoms with Gasteiger partial charge in [0.1, 0.15) is 17.4 Å². The van der Waals surface area contributed by atoms with Crippen molar-refractivity contribution in [1.82, 2.24) is 4.57 Å². The molecule has 1 aliphatic carbocycles. The summed E-state index contributed by atoms with van der Waals surface area (Å²) in [6.07, 6.45) is 1.12. The summed E-state index contributed by atoms with van der Waals surface area (Å²) in [5, 5.41) is 18.5. The van der Waals surface area contributed by atoms with Crippen molar-refractivity contribution in [2.75, 3.05) is 31.6 Å². The van der Waals surface area contributed by atoms with Crippen LogP contribution in [0.2, 0.25) is 0 Å².